The van der Waals surface area contributed by atoms with Gasteiger partial charge in [0.25, 0.3) is 0 Å². The van der Waals surface area contributed by atoms with E-state index in [1.807, 2.05) is 0 Å². The van der Waals surface area contributed by atoms with Crippen molar-refractivity contribution in [1.82, 2.24) is 0 Å². The molecule has 0 heterocycles. The lowest BCUT2D eigenvalue weighted by Gasteiger charge is -2.21. The SMILES string of the molecule is CCCCCCCCCCCCCCCCCCCCC(=O)O[C@H](COC(=O)CCCCCCCCCCCCCCCCCCC)COP(=O)(O)OC[C@@H](O)COP(=O)(O)OC[C@@H](COC(=O)CCCCCCCCCCCC)OC(=O)CCCCCCCCCCCCC(C)CC. The zero-order chi connectivity index (χ0) is 72.7. The van der Waals surface area contributed by atoms with Crippen LogP contribution in [0.1, 0.15) is 426 Å². The van der Waals surface area contributed by atoms with Crippen molar-refractivity contribution in [3.63, 3.8) is 0 Å². The van der Waals surface area contributed by atoms with E-state index in [0.29, 0.717) is 25.7 Å². The highest BCUT2D eigenvalue weighted by Crippen LogP contribution is 2.45. The van der Waals surface area contributed by atoms with Crippen molar-refractivity contribution in [2.75, 3.05) is 39.6 Å². The minimum Gasteiger partial charge on any atom is -0.462 e. The Balaban J connectivity index is 5.24. The van der Waals surface area contributed by atoms with E-state index in [2.05, 4.69) is 34.6 Å². The molecule has 3 unspecified atom stereocenters. The third-order valence-corrected chi connectivity index (χ3v) is 21.0. The van der Waals surface area contributed by atoms with Gasteiger partial charge in [-0.1, -0.05) is 375 Å². The summed E-state index contributed by atoms with van der Waals surface area (Å²) in [4.78, 5) is 73.0. The number of rotatable bonds is 80. The fourth-order valence-corrected chi connectivity index (χ4v) is 14.0. The predicted octanol–water partition coefficient (Wildman–Crippen LogP) is 24.0. The van der Waals surface area contributed by atoms with Gasteiger partial charge in [-0.15, -0.1) is 0 Å². The second-order valence-electron chi connectivity index (χ2n) is 29.1. The molecule has 0 saturated heterocycles. The van der Waals surface area contributed by atoms with Crippen molar-refractivity contribution in [3.05, 3.63) is 0 Å². The standard InChI is InChI=1S/C80H156O17P2/c1-6-10-13-16-19-22-25-27-29-31-33-35-37-39-45-50-55-60-65-79(84)96-76(70-91-78(83)64-59-54-49-44-38-36-34-32-30-28-26-23-20-17-14-11-7-2)72-95-99(88,89)93-68-74(81)67-92-98(86,87)94-71-75(69-90-77(82)63-58-53-48-43-24-21-18-15-12-8-3)97-80(85)66-61-56-51-46-41-40-42-47-52-57-62-73(5)9-4/h73-76,81H,6-72H2,1-5H3,(H,86,87)(H,88,89)/t73?,74-,75+,76+/m0/s1. The summed E-state index contributed by atoms with van der Waals surface area (Å²) in [5.41, 5.74) is 0. The number of carbonyl (C=O) groups excluding carboxylic acids is 4. The normalized spacial score (nSPS) is 14.1. The minimum atomic E-state index is -4.96. The predicted molar refractivity (Wildman–Crippen MR) is 405 cm³/mol. The summed E-state index contributed by atoms with van der Waals surface area (Å²) in [6, 6.07) is 0. The Morgan fingerprint density at radius 2 is 0.485 bits per heavy atom. The number of hydrogen-bond donors (Lipinski definition) is 3. The van der Waals surface area contributed by atoms with Gasteiger partial charge in [0.2, 0.25) is 0 Å². The van der Waals surface area contributed by atoms with Crippen LogP contribution in [-0.2, 0) is 65.4 Å². The Morgan fingerprint density at radius 1 is 0.283 bits per heavy atom. The first kappa shape index (κ1) is 97.1. The van der Waals surface area contributed by atoms with Crippen molar-refractivity contribution < 1.29 is 80.2 Å². The summed E-state index contributed by atoms with van der Waals surface area (Å²) in [5.74, 6) is -1.30. The molecule has 3 N–H and O–H groups in total. The quantitative estimate of drug-likeness (QED) is 0.0222. The van der Waals surface area contributed by atoms with Crippen LogP contribution >= 0.6 is 15.6 Å². The van der Waals surface area contributed by atoms with Crippen LogP contribution < -0.4 is 0 Å². The molecule has 0 aliphatic heterocycles. The van der Waals surface area contributed by atoms with Gasteiger partial charge in [-0.3, -0.25) is 37.3 Å². The molecular formula is C80H156O17P2. The van der Waals surface area contributed by atoms with Gasteiger partial charge >= 0.3 is 39.5 Å². The van der Waals surface area contributed by atoms with Gasteiger partial charge < -0.3 is 33.8 Å². The van der Waals surface area contributed by atoms with Crippen LogP contribution in [-0.4, -0.2) is 96.7 Å². The van der Waals surface area contributed by atoms with E-state index in [1.54, 1.807) is 0 Å². The first-order chi connectivity index (χ1) is 48.1. The fourth-order valence-electron chi connectivity index (χ4n) is 12.4. The summed E-state index contributed by atoms with van der Waals surface area (Å²) in [5, 5.41) is 10.6. The highest BCUT2D eigenvalue weighted by molar-refractivity contribution is 7.47. The average molecular weight is 1450 g/mol. The highest BCUT2D eigenvalue weighted by Gasteiger charge is 2.30. The maximum Gasteiger partial charge on any atom is 0.472 e. The summed E-state index contributed by atoms with van der Waals surface area (Å²) in [6.07, 6.45) is 63.7. The van der Waals surface area contributed by atoms with Crippen LogP contribution in [0.3, 0.4) is 0 Å². The maximum atomic E-state index is 13.1. The summed E-state index contributed by atoms with van der Waals surface area (Å²) in [6.45, 7) is 7.34. The van der Waals surface area contributed by atoms with Crippen LogP contribution in [0.2, 0.25) is 0 Å². The van der Waals surface area contributed by atoms with E-state index in [4.69, 9.17) is 37.0 Å². The first-order valence-electron chi connectivity index (χ1n) is 41.7. The zero-order valence-corrected chi connectivity index (χ0v) is 66.4. The molecule has 0 fully saturated rings. The fraction of sp³-hybridized carbons (Fsp3) is 0.950. The highest BCUT2D eigenvalue weighted by atomic mass is 31.2. The molecule has 19 heteroatoms. The van der Waals surface area contributed by atoms with E-state index in [0.717, 1.165) is 95.8 Å². The van der Waals surface area contributed by atoms with Crippen LogP contribution in [0.4, 0.5) is 0 Å². The lowest BCUT2D eigenvalue weighted by Crippen LogP contribution is -2.30. The van der Waals surface area contributed by atoms with Gasteiger partial charge in [0.15, 0.2) is 12.2 Å². The summed E-state index contributed by atoms with van der Waals surface area (Å²) >= 11 is 0. The molecule has 0 aromatic heterocycles. The van der Waals surface area contributed by atoms with E-state index >= 15 is 0 Å². The largest absolute Gasteiger partial charge is 0.472 e. The maximum absolute atomic E-state index is 13.1. The molecule has 0 amide bonds. The van der Waals surface area contributed by atoms with Crippen LogP contribution in [0.5, 0.6) is 0 Å². The molecule has 6 atom stereocenters. The van der Waals surface area contributed by atoms with E-state index in [-0.39, 0.29) is 25.7 Å². The molecule has 0 aromatic rings. The van der Waals surface area contributed by atoms with Crippen LogP contribution in [0.15, 0.2) is 0 Å². The molecule has 0 rings (SSSR count). The topological polar surface area (TPSA) is 237 Å². The van der Waals surface area contributed by atoms with Crippen molar-refractivity contribution in [3.8, 4) is 0 Å². The monoisotopic (exact) mass is 1450 g/mol. The van der Waals surface area contributed by atoms with Gasteiger partial charge in [-0.2, -0.15) is 0 Å². The van der Waals surface area contributed by atoms with Crippen LogP contribution in [0.25, 0.3) is 0 Å². The van der Waals surface area contributed by atoms with E-state index in [1.165, 1.54) is 250 Å². The molecule has 0 saturated carbocycles. The minimum absolute atomic E-state index is 0.107. The molecule has 0 radical (unpaired) electrons. The Labute approximate surface area is 607 Å². The number of ether oxygens (including phenoxy) is 4. The average Bonchev–Trinajstić information content (AvgIpc) is 1.01. The number of hydrogen-bond acceptors (Lipinski definition) is 15. The molecule has 17 nitrogen and oxygen atoms in total. The third kappa shape index (κ3) is 72.8. The number of carbonyl (C=O) groups is 4. The molecule has 0 aliphatic rings. The number of unbranched alkanes of at least 4 members (excludes halogenated alkanes) is 51. The number of aliphatic hydroxyl groups is 1. The van der Waals surface area contributed by atoms with E-state index < -0.39 is 97.5 Å². The molecule has 99 heavy (non-hydrogen) atoms. The Morgan fingerprint density at radius 3 is 0.717 bits per heavy atom. The van der Waals surface area contributed by atoms with Crippen molar-refractivity contribution in [2.24, 2.45) is 5.92 Å². The molecule has 588 valence electrons. The second-order valence-corrected chi connectivity index (χ2v) is 32.0. The van der Waals surface area contributed by atoms with Crippen molar-refractivity contribution in [2.45, 2.75) is 445 Å². The van der Waals surface area contributed by atoms with Gasteiger partial charge in [0, 0.05) is 25.7 Å². The summed E-state index contributed by atoms with van der Waals surface area (Å²) < 4.78 is 68.7. The first-order valence-corrected chi connectivity index (χ1v) is 44.7. The van der Waals surface area contributed by atoms with E-state index in [9.17, 15) is 43.2 Å². The molecular weight excluding hydrogens is 1290 g/mol. The van der Waals surface area contributed by atoms with Crippen molar-refractivity contribution >= 4 is 39.5 Å². The van der Waals surface area contributed by atoms with Crippen LogP contribution in [0, 0.1) is 5.92 Å². The number of phosphoric acid groups is 2. The van der Waals surface area contributed by atoms with Crippen molar-refractivity contribution in [1.29, 1.82) is 0 Å². The smallest absolute Gasteiger partial charge is 0.462 e. The third-order valence-electron chi connectivity index (χ3n) is 19.1. The number of esters is 4. The lowest BCUT2D eigenvalue weighted by atomic mass is 9.99. The van der Waals surface area contributed by atoms with Gasteiger partial charge in [0.1, 0.15) is 19.3 Å². The second kappa shape index (κ2) is 73.0. The van der Waals surface area contributed by atoms with Gasteiger partial charge in [0.05, 0.1) is 26.4 Å². The lowest BCUT2D eigenvalue weighted by molar-refractivity contribution is -0.161. The van der Waals surface area contributed by atoms with Gasteiger partial charge in [-0.05, 0) is 31.6 Å². The Hall–Kier alpha value is -1.94. The Bertz CT molecular complexity index is 1890. The molecule has 0 spiro atoms. The Kier molecular flexibility index (Phi) is 71.6. The summed E-state index contributed by atoms with van der Waals surface area (Å²) in [7, 11) is -9.92. The number of aliphatic hydroxyl groups excluding tert-OH is 1. The van der Waals surface area contributed by atoms with Gasteiger partial charge in [-0.25, -0.2) is 9.13 Å². The molecule has 0 aliphatic carbocycles. The molecule has 0 aromatic carbocycles. The molecule has 0 bridgehead atoms. The zero-order valence-electron chi connectivity index (χ0n) is 64.6. The number of phosphoric ester groups is 2.